The number of hydroxylamine groups is 2. The van der Waals surface area contributed by atoms with Gasteiger partial charge in [-0.25, -0.2) is 4.79 Å². The lowest BCUT2D eigenvalue weighted by molar-refractivity contribution is -0.212. The van der Waals surface area contributed by atoms with Crippen LogP contribution in [0.2, 0.25) is 0 Å². The summed E-state index contributed by atoms with van der Waals surface area (Å²) in [5.41, 5.74) is 0. The van der Waals surface area contributed by atoms with Gasteiger partial charge >= 0.3 is 12.0 Å². The Balaban J connectivity index is 2.04. The molecule has 17 heavy (non-hydrogen) atoms. The maximum atomic E-state index is 11.9. The third-order valence-corrected chi connectivity index (χ3v) is 3.37. The van der Waals surface area contributed by atoms with Gasteiger partial charge in [-0.05, 0) is 19.3 Å². The van der Waals surface area contributed by atoms with Crippen LogP contribution in [0, 0.1) is 0 Å². The third kappa shape index (κ3) is 2.36. The largest absolute Gasteiger partial charge is 0.439 e. The Hall–Kier alpha value is -1.30. The van der Waals surface area contributed by atoms with Gasteiger partial charge in [0, 0.05) is 25.4 Å². The molecule has 2 amide bonds. The lowest BCUT2D eigenvalue weighted by atomic mass is 9.97. The first-order chi connectivity index (χ1) is 8.13. The lowest BCUT2D eigenvalue weighted by Gasteiger charge is -2.44. The molecule has 0 saturated carbocycles. The number of ether oxygens (including phenoxy) is 1. The van der Waals surface area contributed by atoms with E-state index in [1.54, 1.807) is 11.8 Å². The molecule has 2 aliphatic heterocycles. The van der Waals surface area contributed by atoms with Crippen molar-refractivity contribution in [2.45, 2.75) is 51.3 Å². The Kier molecular flexibility index (Phi) is 3.51. The number of fused-ring (bicyclic) bond motifs is 1. The molecule has 0 spiro atoms. The van der Waals surface area contributed by atoms with Gasteiger partial charge in [0.2, 0.25) is 6.23 Å². The van der Waals surface area contributed by atoms with E-state index >= 15 is 0 Å². The first-order valence-electron chi connectivity index (χ1n) is 6.11. The minimum Gasteiger partial charge on any atom is -0.439 e. The number of urea groups is 1. The first-order valence-corrected chi connectivity index (χ1v) is 6.11. The highest BCUT2D eigenvalue weighted by Gasteiger charge is 2.41. The minimum atomic E-state index is -0.825. The Labute approximate surface area is 100 Å². The van der Waals surface area contributed by atoms with Crippen molar-refractivity contribution in [1.82, 2.24) is 9.96 Å². The van der Waals surface area contributed by atoms with E-state index in [1.165, 1.54) is 0 Å². The molecule has 0 aromatic rings. The van der Waals surface area contributed by atoms with Crippen molar-refractivity contribution in [2.24, 2.45) is 0 Å². The van der Waals surface area contributed by atoms with Crippen LogP contribution >= 0.6 is 0 Å². The van der Waals surface area contributed by atoms with Crippen LogP contribution in [0.4, 0.5) is 4.79 Å². The van der Waals surface area contributed by atoms with E-state index in [4.69, 9.17) is 4.74 Å². The summed E-state index contributed by atoms with van der Waals surface area (Å²) in [6.07, 6.45) is 2.87. The van der Waals surface area contributed by atoms with Crippen LogP contribution in [0.5, 0.6) is 0 Å². The number of piperidine rings is 1. The Morgan fingerprint density at radius 2 is 2.29 bits per heavy atom. The van der Waals surface area contributed by atoms with Crippen LogP contribution < -0.4 is 0 Å². The second kappa shape index (κ2) is 4.91. The molecular formula is C11H18N2O4. The second-order valence-corrected chi connectivity index (χ2v) is 4.50. The normalized spacial score (nSPS) is 28.9. The summed E-state index contributed by atoms with van der Waals surface area (Å²) in [5, 5.41) is 10.2. The zero-order chi connectivity index (χ0) is 12.4. The maximum Gasteiger partial charge on any atom is 0.347 e. The standard InChI is InChI=1S/C11H18N2O4/c1-2-10(14)17-9-7-8-5-3-4-6-12(8)11(15)13(9)16/h8-9,16H,2-7H2,1H3. The second-order valence-electron chi connectivity index (χ2n) is 4.50. The average Bonchev–Trinajstić information content (AvgIpc) is 2.35. The summed E-state index contributed by atoms with van der Waals surface area (Å²) in [5.74, 6) is -0.397. The number of hydrogen-bond acceptors (Lipinski definition) is 4. The van der Waals surface area contributed by atoms with Gasteiger partial charge in [0.1, 0.15) is 0 Å². The van der Waals surface area contributed by atoms with Crippen molar-refractivity contribution >= 4 is 12.0 Å². The average molecular weight is 242 g/mol. The summed E-state index contributed by atoms with van der Waals surface area (Å²) in [4.78, 5) is 24.7. The Bertz CT molecular complexity index is 321. The summed E-state index contributed by atoms with van der Waals surface area (Å²) >= 11 is 0. The van der Waals surface area contributed by atoms with E-state index in [1.807, 2.05) is 0 Å². The molecular weight excluding hydrogens is 224 g/mol. The van der Waals surface area contributed by atoms with Crippen LogP contribution in [0.15, 0.2) is 0 Å². The van der Waals surface area contributed by atoms with Gasteiger partial charge in [0.05, 0.1) is 0 Å². The monoisotopic (exact) mass is 242 g/mol. The SMILES string of the molecule is CCC(=O)OC1CC2CCCCN2C(=O)N1O. The molecule has 6 heteroatoms. The fraction of sp³-hybridized carbons (Fsp3) is 0.818. The number of carbonyl (C=O) groups excluding carboxylic acids is 2. The van der Waals surface area contributed by atoms with Crippen molar-refractivity contribution in [3.63, 3.8) is 0 Å². The van der Waals surface area contributed by atoms with Crippen LogP contribution in [0.3, 0.4) is 0 Å². The van der Waals surface area contributed by atoms with Crippen LogP contribution in [-0.4, -0.2) is 46.0 Å². The van der Waals surface area contributed by atoms with Crippen LogP contribution in [0.25, 0.3) is 0 Å². The molecule has 2 fully saturated rings. The summed E-state index contributed by atoms with van der Waals surface area (Å²) in [6, 6.07) is -0.357. The predicted molar refractivity (Wildman–Crippen MR) is 58.2 cm³/mol. The van der Waals surface area contributed by atoms with E-state index in [-0.39, 0.29) is 12.5 Å². The van der Waals surface area contributed by atoms with E-state index in [2.05, 4.69) is 0 Å². The Morgan fingerprint density at radius 3 is 3.00 bits per heavy atom. The highest BCUT2D eigenvalue weighted by Crippen LogP contribution is 2.28. The molecule has 2 heterocycles. The van der Waals surface area contributed by atoms with E-state index in [9.17, 15) is 14.8 Å². The van der Waals surface area contributed by atoms with Crippen LogP contribution in [0.1, 0.15) is 39.0 Å². The molecule has 0 radical (unpaired) electrons. The lowest BCUT2D eigenvalue weighted by Crippen LogP contribution is -2.59. The molecule has 0 bridgehead atoms. The van der Waals surface area contributed by atoms with Gasteiger partial charge in [0.15, 0.2) is 0 Å². The number of hydrogen-bond donors (Lipinski definition) is 1. The van der Waals surface area contributed by atoms with Gasteiger partial charge in [0.25, 0.3) is 0 Å². The van der Waals surface area contributed by atoms with Crippen LogP contribution in [-0.2, 0) is 9.53 Å². The van der Waals surface area contributed by atoms with E-state index < -0.39 is 18.2 Å². The molecule has 2 rings (SSSR count). The van der Waals surface area contributed by atoms with Crippen molar-refractivity contribution in [2.75, 3.05) is 6.54 Å². The zero-order valence-corrected chi connectivity index (χ0v) is 9.96. The molecule has 2 unspecified atom stereocenters. The van der Waals surface area contributed by atoms with Crippen molar-refractivity contribution < 1.29 is 19.5 Å². The summed E-state index contributed by atoms with van der Waals surface area (Å²) in [6.45, 7) is 2.36. The predicted octanol–water partition coefficient (Wildman–Crippen LogP) is 1.34. The van der Waals surface area contributed by atoms with Gasteiger partial charge in [-0.2, -0.15) is 5.06 Å². The molecule has 2 aliphatic rings. The fourth-order valence-corrected chi connectivity index (χ4v) is 2.42. The molecule has 0 aliphatic carbocycles. The third-order valence-electron chi connectivity index (χ3n) is 3.37. The van der Waals surface area contributed by atoms with E-state index in [0.717, 1.165) is 19.3 Å². The topological polar surface area (TPSA) is 70.1 Å². The van der Waals surface area contributed by atoms with Crippen molar-refractivity contribution in [1.29, 1.82) is 0 Å². The molecule has 1 N–H and O–H groups in total. The summed E-state index contributed by atoms with van der Waals surface area (Å²) in [7, 11) is 0. The number of esters is 1. The van der Waals surface area contributed by atoms with Gasteiger partial charge in [-0.3, -0.25) is 10.0 Å². The van der Waals surface area contributed by atoms with Crippen molar-refractivity contribution in [3.8, 4) is 0 Å². The quantitative estimate of drug-likeness (QED) is 0.586. The number of amides is 2. The highest BCUT2D eigenvalue weighted by molar-refractivity contribution is 5.75. The molecule has 6 nitrogen and oxygen atoms in total. The smallest absolute Gasteiger partial charge is 0.347 e. The van der Waals surface area contributed by atoms with Crippen molar-refractivity contribution in [3.05, 3.63) is 0 Å². The first kappa shape index (κ1) is 12.2. The number of nitrogens with zero attached hydrogens (tertiary/aromatic N) is 2. The van der Waals surface area contributed by atoms with Gasteiger partial charge < -0.3 is 9.64 Å². The number of carbonyl (C=O) groups is 2. The molecule has 0 aromatic heterocycles. The zero-order valence-electron chi connectivity index (χ0n) is 9.96. The highest BCUT2D eigenvalue weighted by atomic mass is 16.6. The summed E-state index contributed by atoms with van der Waals surface area (Å²) < 4.78 is 5.06. The molecule has 0 aromatic carbocycles. The maximum absolute atomic E-state index is 11.9. The molecule has 2 atom stereocenters. The number of rotatable bonds is 2. The molecule has 96 valence electrons. The fourth-order valence-electron chi connectivity index (χ4n) is 2.42. The minimum absolute atomic E-state index is 0.0920. The van der Waals surface area contributed by atoms with Gasteiger partial charge in [-0.1, -0.05) is 6.92 Å². The van der Waals surface area contributed by atoms with E-state index in [0.29, 0.717) is 18.0 Å². The van der Waals surface area contributed by atoms with Gasteiger partial charge in [-0.15, -0.1) is 0 Å². The molecule has 2 saturated heterocycles. The Morgan fingerprint density at radius 1 is 1.53 bits per heavy atom.